The van der Waals surface area contributed by atoms with Gasteiger partial charge in [-0.25, -0.2) is 19.9 Å². The van der Waals surface area contributed by atoms with Crippen LogP contribution in [0.15, 0.2) is 60.9 Å². The van der Waals surface area contributed by atoms with E-state index in [-0.39, 0.29) is 17.9 Å². The van der Waals surface area contributed by atoms with Crippen LogP contribution in [0.1, 0.15) is 42.5 Å². The van der Waals surface area contributed by atoms with Gasteiger partial charge in [0.25, 0.3) is 0 Å². The van der Waals surface area contributed by atoms with Crippen molar-refractivity contribution >= 4 is 12.1 Å². The Bertz CT molecular complexity index is 1380. The third-order valence-corrected chi connectivity index (χ3v) is 5.72. The number of amides is 1. The molecule has 1 saturated carbocycles. The van der Waals surface area contributed by atoms with E-state index >= 15 is 0 Å². The van der Waals surface area contributed by atoms with Gasteiger partial charge in [-0.1, -0.05) is 11.3 Å². The smallest absolute Gasteiger partial charge is 0.207 e. The fourth-order valence-corrected chi connectivity index (χ4v) is 3.90. The minimum atomic E-state index is -0.528. The highest BCUT2D eigenvalue weighted by Crippen LogP contribution is 2.39. The molecule has 3 aromatic heterocycles. The molecule has 1 aliphatic rings. The van der Waals surface area contributed by atoms with Crippen molar-refractivity contribution in [1.82, 2.24) is 34.7 Å². The molecule has 1 fully saturated rings. The molecule has 1 aromatic carbocycles. The number of ether oxygens (including phenoxy) is 1. The number of hydrazine groups is 1. The van der Waals surface area contributed by atoms with E-state index < -0.39 is 5.82 Å². The number of methoxy groups -OCH3 is 1. The summed E-state index contributed by atoms with van der Waals surface area (Å²) in [6.07, 6.45) is 12.1. The fraction of sp³-hybridized carbons (Fsp3) is 0.280. The maximum atomic E-state index is 14.1. The first kappa shape index (κ1) is 25.6. The van der Waals surface area contributed by atoms with Crippen molar-refractivity contribution in [2.75, 3.05) is 7.11 Å². The van der Waals surface area contributed by atoms with Crippen LogP contribution in [-0.2, 0) is 17.9 Å². The molecular weight excluding hydrogens is 477 g/mol. The van der Waals surface area contributed by atoms with Crippen LogP contribution in [0.3, 0.4) is 0 Å². The molecule has 0 saturated heterocycles. The third kappa shape index (κ3) is 6.41. The van der Waals surface area contributed by atoms with Crippen molar-refractivity contribution in [1.29, 1.82) is 0 Å². The quantitative estimate of drug-likeness (QED) is 0.178. The number of nitrogens with one attached hydrogen (secondary N) is 1. The van der Waals surface area contributed by atoms with Crippen molar-refractivity contribution < 1.29 is 13.9 Å². The maximum absolute atomic E-state index is 14.1. The molecule has 1 aliphatic carbocycles. The van der Waals surface area contributed by atoms with Gasteiger partial charge in [0.2, 0.25) is 6.41 Å². The van der Waals surface area contributed by atoms with Crippen LogP contribution in [0.5, 0.6) is 5.75 Å². The van der Waals surface area contributed by atoms with Crippen molar-refractivity contribution in [2.24, 2.45) is 11.6 Å². The van der Waals surface area contributed by atoms with E-state index in [9.17, 15) is 9.18 Å². The second kappa shape index (κ2) is 11.5. The molecule has 0 atom stereocenters. The summed E-state index contributed by atoms with van der Waals surface area (Å²) in [5.74, 6) is 6.18. The number of imidazole rings is 1. The summed E-state index contributed by atoms with van der Waals surface area (Å²) in [5.41, 5.74) is 10.4. The second-order valence-corrected chi connectivity index (χ2v) is 8.71. The van der Waals surface area contributed by atoms with Crippen LogP contribution in [0, 0.1) is 5.82 Å². The summed E-state index contributed by atoms with van der Waals surface area (Å²) in [7, 11) is 1.38. The van der Waals surface area contributed by atoms with Crippen molar-refractivity contribution in [2.45, 2.75) is 38.8 Å². The van der Waals surface area contributed by atoms with E-state index in [1.165, 1.54) is 42.5 Å². The molecule has 194 valence electrons. The van der Waals surface area contributed by atoms with E-state index in [4.69, 9.17) is 16.3 Å². The minimum absolute atomic E-state index is 0.0434. The molecule has 11 nitrogen and oxygen atoms in total. The number of nitrogens with two attached hydrogens (primary N) is 2. The predicted molar refractivity (Wildman–Crippen MR) is 136 cm³/mol. The lowest BCUT2D eigenvalue weighted by atomic mass is 10.1. The minimum Gasteiger partial charge on any atom is -0.494 e. The van der Waals surface area contributed by atoms with Gasteiger partial charge in [-0.3, -0.25) is 4.79 Å². The number of rotatable bonds is 9. The lowest BCUT2D eigenvalue weighted by Crippen LogP contribution is -2.25. The number of allylic oxidation sites excluding steroid dienone is 1. The molecule has 12 heteroatoms. The van der Waals surface area contributed by atoms with E-state index in [1.54, 1.807) is 23.5 Å². The first-order chi connectivity index (χ1) is 17.9. The Labute approximate surface area is 213 Å². The van der Waals surface area contributed by atoms with Crippen molar-refractivity contribution in [3.63, 3.8) is 0 Å². The average Bonchev–Trinajstić information content (AvgIpc) is 3.42. The normalized spacial score (nSPS) is 13.1. The number of pyridine rings is 1. The SMILES string of the molecule is C/C(N)=C/N(N)Cc1cn2cc(C3CC3)ccc2n1.COc1ccc(-n2ccnn2)c(CNC=O)c1F. The molecule has 0 aliphatic heterocycles. The van der Waals surface area contributed by atoms with E-state index in [1.807, 2.05) is 13.1 Å². The first-order valence-corrected chi connectivity index (χ1v) is 11.7. The number of nitrogens with zero attached hydrogens (tertiary/aromatic N) is 6. The van der Waals surface area contributed by atoms with Crippen LogP contribution in [0.25, 0.3) is 11.3 Å². The Morgan fingerprint density at radius 2 is 2.11 bits per heavy atom. The molecule has 0 radical (unpaired) electrons. The molecule has 5 rings (SSSR count). The van der Waals surface area contributed by atoms with Crippen LogP contribution >= 0.6 is 0 Å². The molecule has 5 N–H and O–H groups in total. The number of fused-ring (bicyclic) bond motifs is 1. The van der Waals surface area contributed by atoms with Gasteiger partial charge < -0.3 is 25.2 Å². The number of benzene rings is 1. The summed E-state index contributed by atoms with van der Waals surface area (Å²) in [5, 5.41) is 11.4. The molecule has 4 aromatic rings. The summed E-state index contributed by atoms with van der Waals surface area (Å²) >= 11 is 0. The number of halogens is 1. The maximum Gasteiger partial charge on any atom is 0.207 e. The van der Waals surface area contributed by atoms with Crippen LogP contribution in [0.2, 0.25) is 0 Å². The number of hydrogen-bond donors (Lipinski definition) is 3. The third-order valence-electron chi connectivity index (χ3n) is 5.72. The Morgan fingerprint density at radius 3 is 2.76 bits per heavy atom. The fourth-order valence-electron chi connectivity index (χ4n) is 3.90. The summed E-state index contributed by atoms with van der Waals surface area (Å²) in [6, 6.07) is 7.39. The number of hydrogen-bond acceptors (Lipinski definition) is 8. The van der Waals surface area contributed by atoms with Crippen molar-refractivity contribution in [3.05, 3.63) is 83.6 Å². The summed E-state index contributed by atoms with van der Waals surface area (Å²) in [6.45, 7) is 2.40. The van der Waals surface area contributed by atoms with Gasteiger partial charge in [-0.05, 0) is 49.4 Å². The molecule has 0 bridgehead atoms. The van der Waals surface area contributed by atoms with Crippen molar-refractivity contribution in [3.8, 4) is 11.4 Å². The van der Waals surface area contributed by atoms with Gasteiger partial charge in [0.05, 0.1) is 37.4 Å². The zero-order valence-corrected chi connectivity index (χ0v) is 20.7. The Hall–Kier alpha value is -4.45. The highest BCUT2D eigenvalue weighted by Gasteiger charge is 2.23. The van der Waals surface area contributed by atoms with Gasteiger partial charge in [-0.15, -0.1) is 5.10 Å². The van der Waals surface area contributed by atoms with E-state index in [0.717, 1.165) is 17.3 Å². The highest BCUT2D eigenvalue weighted by molar-refractivity contribution is 5.51. The molecule has 1 amide bonds. The monoisotopic (exact) mass is 507 g/mol. The topological polar surface area (TPSA) is 142 Å². The average molecular weight is 508 g/mol. The molecular formula is C25H30FN9O2. The van der Waals surface area contributed by atoms with Gasteiger partial charge >= 0.3 is 0 Å². The number of carbonyl (C=O) groups excluding carboxylic acids is 1. The first-order valence-electron chi connectivity index (χ1n) is 11.7. The molecule has 3 heterocycles. The second-order valence-electron chi connectivity index (χ2n) is 8.71. The molecule has 37 heavy (non-hydrogen) atoms. The Balaban J connectivity index is 0.000000173. The summed E-state index contributed by atoms with van der Waals surface area (Å²) in [4.78, 5) is 14.9. The lowest BCUT2D eigenvalue weighted by molar-refractivity contribution is -0.109. The van der Waals surface area contributed by atoms with E-state index in [2.05, 4.69) is 43.3 Å². The largest absolute Gasteiger partial charge is 0.494 e. The van der Waals surface area contributed by atoms with Crippen LogP contribution < -0.4 is 21.6 Å². The number of aromatic nitrogens is 5. The number of carbonyl (C=O) groups is 1. The van der Waals surface area contributed by atoms with Crippen LogP contribution in [0.4, 0.5) is 4.39 Å². The zero-order valence-electron chi connectivity index (χ0n) is 20.7. The zero-order chi connectivity index (χ0) is 26.4. The standard InChI is InChI=1S/C14H19N5.C11H11FN4O2/c1-10(15)6-19(16)9-13-8-18-7-12(11-2-3-11)4-5-14(18)17-13;1-18-10-3-2-9(16-5-4-14-15-16)8(11(10)12)6-13-7-17/h4-8,11H,2-3,9,15-16H2,1H3;2-5,7H,6H2,1H3,(H,13,17)/b10-6-;. The Morgan fingerprint density at radius 1 is 1.30 bits per heavy atom. The predicted octanol–water partition coefficient (Wildman–Crippen LogP) is 2.37. The van der Waals surface area contributed by atoms with Gasteiger partial charge in [0.15, 0.2) is 11.6 Å². The van der Waals surface area contributed by atoms with E-state index in [0.29, 0.717) is 24.3 Å². The molecule has 0 unspecified atom stereocenters. The van der Waals surface area contributed by atoms with Gasteiger partial charge in [0.1, 0.15) is 5.65 Å². The lowest BCUT2D eigenvalue weighted by Gasteiger charge is -2.12. The van der Waals surface area contributed by atoms with Gasteiger partial charge in [0, 0.05) is 36.4 Å². The summed E-state index contributed by atoms with van der Waals surface area (Å²) < 4.78 is 22.5. The molecule has 0 spiro atoms. The Kier molecular flexibility index (Phi) is 7.98. The van der Waals surface area contributed by atoms with Crippen LogP contribution in [-0.4, -0.2) is 42.9 Å². The van der Waals surface area contributed by atoms with Gasteiger partial charge in [-0.2, -0.15) is 0 Å². The highest BCUT2D eigenvalue weighted by atomic mass is 19.1.